The van der Waals surface area contributed by atoms with Crippen LogP contribution in [-0.2, 0) is 0 Å². The number of piperazine rings is 1. The van der Waals surface area contributed by atoms with E-state index >= 15 is 0 Å². The van der Waals surface area contributed by atoms with Gasteiger partial charge in [-0.15, -0.1) is 0 Å². The highest BCUT2D eigenvalue weighted by Gasteiger charge is 2.23. The number of nitrogens with zero attached hydrogens (tertiary/aromatic N) is 9. The van der Waals surface area contributed by atoms with Crippen LogP contribution in [0.3, 0.4) is 0 Å². The lowest BCUT2D eigenvalue weighted by atomic mass is 10.2. The van der Waals surface area contributed by atoms with Crippen molar-refractivity contribution in [1.82, 2.24) is 39.4 Å². The predicted octanol–water partition coefficient (Wildman–Crippen LogP) is 3.45. The van der Waals surface area contributed by atoms with E-state index in [2.05, 4.69) is 54.1 Å². The van der Waals surface area contributed by atoms with Crippen LogP contribution in [0.2, 0.25) is 0 Å². The van der Waals surface area contributed by atoms with Gasteiger partial charge >= 0.3 is 0 Å². The van der Waals surface area contributed by atoms with Gasteiger partial charge in [0.15, 0.2) is 11.5 Å². The Morgan fingerprint density at radius 3 is 2.81 bits per heavy atom. The van der Waals surface area contributed by atoms with Crippen molar-refractivity contribution < 1.29 is 4.74 Å². The lowest BCUT2D eigenvalue weighted by molar-refractivity contribution is 0.233. The molecule has 1 saturated heterocycles. The first-order chi connectivity index (χ1) is 17.5. The molecule has 182 valence electrons. The zero-order valence-corrected chi connectivity index (χ0v) is 20.3. The Bertz CT molecular complexity index is 1550. The molecule has 1 fully saturated rings. The second-order valence-corrected chi connectivity index (χ2v) is 9.03. The number of aryl methyl sites for hydroxylation is 1. The van der Waals surface area contributed by atoms with E-state index in [9.17, 15) is 0 Å². The number of nitrogens with one attached hydrogen (secondary N) is 1. The van der Waals surface area contributed by atoms with Crippen molar-refractivity contribution in [3.05, 3.63) is 60.9 Å². The van der Waals surface area contributed by atoms with Gasteiger partial charge in [-0.2, -0.15) is 5.10 Å². The van der Waals surface area contributed by atoms with Crippen LogP contribution in [0.5, 0.6) is 11.5 Å². The normalized spacial score (nSPS) is 16.5. The molecule has 1 aliphatic rings. The molecule has 1 unspecified atom stereocenters. The van der Waals surface area contributed by atoms with Gasteiger partial charge in [0.25, 0.3) is 0 Å². The maximum atomic E-state index is 6.10. The van der Waals surface area contributed by atoms with Crippen LogP contribution in [0.25, 0.3) is 16.7 Å². The number of anilines is 3. The summed E-state index contributed by atoms with van der Waals surface area (Å²) in [5, 5.41) is 7.51. The van der Waals surface area contributed by atoms with Crippen molar-refractivity contribution in [2.24, 2.45) is 0 Å². The molecule has 6 rings (SSSR count). The average molecular weight is 483 g/mol. The van der Waals surface area contributed by atoms with Crippen LogP contribution >= 0.6 is 0 Å². The minimum atomic E-state index is 0.435. The first-order valence-corrected chi connectivity index (χ1v) is 11.8. The molecule has 36 heavy (non-hydrogen) atoms. The summed E-state index contributed by atoms with van der Waals surface area (Å²) >= 11 is 0. The third kappa shape index (κ3) is 4.24. The quantitative estimate of drug-likeness (QED) is 0.400. The largest absolute Gasteiger partial charge is 0.457 e. The van der Waals surface area contributed by atoms with Gasteiger partial charge in [-0.05, 0) is 50.7 Å². The van der Waals surface area contributed by atoms with Crippen molar-refractivity contribution in [2.75, 3.05) is 36.9 Å². The van der Waals surface area contributed by atoms with Crippen LogP contribution in [0, 0.1) is 6.92 Å². The average Bonchev–Trinajstić information content (AvgIpc) is 3.35. The molecule has 0 radical (unpaired) electrons. The molecule has 5 aromatic rings. The first-order valence-electron chi connectivity index (χ1n) is 11.8. The van der Waals surface area contributed by atoms with Crippen LogP contribution in [0.15, 0.2) is 55.4 Å². The minimum absolute atomic E-state index is 0.435. The van der Waals surface area contributed by atoms with Gasteiger partial charge in [-0.25, -0.2) is 29.4 Å². The van der Waals surface area contributed by atoms with Gasteiger partial charge < -0.3 is 19.9 Å². The Labute approximate surface area is 207 Å². The molecule has 1 aromatic carbocycles. The molecular formula is C25H26N10O. The van der Waals surface area contributed by atoms with E-state index in [0.717, 1.165) is 42.3 Å². The lowest BCUT2D eigenvalue weighted by Gasteiger charge is -2.37. The van der Waals surface area contributed by atoms with Gasteiger partial charge in [0.1, 0.15) is 35.2 Å². The van der Waals surface area contributed by atoms with Crippen molar-refractivity contribution in [2.45, 2.75) is 19.9 Å². The van der Waals surface area contributed by atoms with Gasteiger partial charge in [-0.1, -0.05) is 0 Å². The summed E-state index contributed by atoms with van der Waals surface area (Å²) in [6.07, 6.45) is 6.63. The zero-order chi connectivity index (χ0) is 24.6. The van der Waals surface area contributed by atoms with Crippen LogP contribution < -0.4 is 15.0 Å². The molecule has 0 amide bonds. The van der Waals surface area contributed by atoms with Gasteiger partial charge in [0.2, 0.25) is 5.95 Å². The molecule has 1 atom stereocenters. The summed E-state index contributed by atoms with van der Waals surface area (Å²) in [7, 11) is 2.15. The van der Waals surface area contributed by atoms with Crippen molar-refractivity contribution in [3.63, 3.8) is 0 Å². The van der Waals surface area contributed by atoms with Crippen molar-refractivity contribution >= 4 is 34.1 Å². The molecule has 0 aliphatic carbocycles. The highest BCUT2D eigenvalue weighted by molar-refractivity contribution is 5.87. The third-order valence-corrected chi connectivity index (χ3v) is 6.52. The second-order valence-electron chi connectivity index (χ2n) is 9.03. The number of aromatic nitrogens is 7. The summed E-state index contributed by atoms with van der Waals surface area (Å²) in [5.41, 5.74) is 3.96. The summed E-state index contributed by atoms with van der Waals surface area (Å²) in [4.78, 5) is 27.0. The van der Waals surface area contributed by atoms with Gasteiger partial charge in [0, 0.05) is 43.6 Å². The molecule has 1 N–H and O–H groups in total. The van der Waals surface area contributed by atoms with Gasteiger partial charge in [0.05, 0.1) is 6.20 Å². The number of rotatable bonds is 5. The van der Waals surface area contributed by atoms with Crippen molar-refractivity contribution in [1.29, 1.82) is 0 Å². The van der Waals surface area contributed by atoms with E-state index in [1.54, 1.807) is 10.7 Å². The number of hydrogen-bond donors (Lipinski definition) is 1. The zero-order valence-electron chi connectivity index (χ0n) is 20.3. The Balaban J connectivity index is 1.24. The number of ether oxygens (including phenoxy) is 1. The Kier molecular flexibility index (Phi) is 5.53. The molecule has 0 bridgehead atoms. The molecule has 4 aromatic heterocycles. The monoisotopic (exact) mass is 482 g/mol. The van der Waals surface area contributed by atoms with E-state index in [-0.39, 0.29) is 0 Å². The lowest BCUT2D eigenvalue weighted by Crippen LogP contribution is -2.50. The molecule has 11 nitrogen and oxygen atoms in total. The minimum Gasteiger partial charge on any atom is -0.457 e. The Morgan fingerprint density at radius 1 is 1.03 bits per heavy atom. The summed E-state index contributed by atoms with van der Waals surface area (Å²) in [5.74, 6) is 2.79. The van der Waals surface area contributed by atoms with E-state index < -0.39 is 0 Å². The predicted molar refractivity (Wildman–Crippen MR) is 137 cm³/mol. The van der Waals surface area contributed by atoms with Crippen LogP contribution in [0.1, 0.15) is 12.5 Å². The maximum Gasteiger partial charge on any atom is 0.226 e. The summed E-state index contributed by atoms with van der Waals surface area (Å²) in [6, 6.07) is 10.0. The van der Waals surface area contributed by atoms with Crippen molar-refractivity contribution in [3.8, 4) is 11.5 Å². The smallest absolute Gasteiger partial charge is 0.226 e. The van der Waals surface area contributed by atoms with E-state index in [0.29, 0.717) is 34.6 Å². The van der Waals surface area contributed by atoms with E-state index in [1.165, 1.54) is 12.7 Å². The molecule has 0 spiro atoms. The Hall–Kier alpha value is -4.38. The molecule has 0 saturated carbocycles. The number of pyridine rings is 1. The topological polar surface area (TPSA) is 109 Å². The SMILES string of the molecule is Cc1cc(Nc2ncnc3cnc(N4CCN(C)C(C)C4)nc23)ccc1Oc1ccn2ncnc2c1. The van der Waals surface area contributed by atoms with Gasteiger partial charge in [-0.3, -0.25) is 0 Å². The number of fused-ring (bicyclic) bond motifs is 2. The fourth-order valence-electron chi connectivity index (χ4n) is 4.28. The van der Waals surface area contributed by atoms with E-state index in [4.69, 9.17) is 9.72 Å². The standard InChI is InChI=1S/C25H26N10O/c1-16-10-18(4-5-21(16)36-19-6-7-35-22(11-19)28-15-30-35)31-24-23-20(27-14-29-24)12-26-25(32-23)34-9-8-33(3)17(2)13-34/h4-7,10-12,14-15,17H,8-9,13H2,1-3H3,(H,27,29,31). The second kappa shape index (κ2) is 9.00. The third-order valence-electron chi connectivity index (χ3n) is 6.52. The van der Waals surface area contributed by atoms with E-state index in [1.807, 2.05) is 43.5 Å². The number of benzene rings is 1. The van der Waals surface area contributed by atoms with Crippen LogP contribution in [-0.4, -0.2) is 72.2 Å². The highest BCUT2D eigenvalue weighted by atomic mass is 16.5. The fraction of sp³-hybridized carbons (Fsp3) is 0.280. The molecule has 11 heteroatoms. The Morgan fingerprint density at radius 2 is 1.94 bits per heavy atom. The molecule has 5 heterocycles. The van der Waals surface area contributed by atoms with Crippen LogP contribution in [0.4, 0.5) is 17.5 Å². The fourth-order valence-corrected chi connectivity index (χ4v) is 4.28. The number of likely N-dealkylation sites (N-methyl/N-ethyl adjacent to an activating group) is 1. The number of hydrogen-bond acceptors (Lipinski definition) is 10. The summed E-state index contributed by atoms with van der Waals surface area (Å²) in [6.45, 7) is 6.95. The highest BCUT2D eigenvalue weighted by Crippen LogP contribution is 2.30. The molecular weight excluding hydrogens is 456 g/mol. The first kappa shape index (κ1) is 22.1. The summed E-state index contributed by atoms with van der Waals surface area (Å²) < 4.78 is 7.79. The maximum absolute atomic E-state index is 6.10. The molecule has 1 aliphatic heterocycles.